The fourth-order valence-electron chi connectivity index (χ4n) is 4.53. The third-order valence-corrected chi connectivity index (χ3v) is 6.26. The molecule has 33 heavy (non-hydrogen) atoms. The van der Waals surface area contributed by atoms with Crippen LogP contribution in [0.4, 0.5) is 13.2 Å². The van der Waals surface area contributed by atoms with Gasteiger partial charge in [0.2, 0.25) is 0 Å². The van der Waals surface area contributed by atoms with Gasteiger partial charge in [-0.25, -0.2) is 4.79 Å². The minimum Gasteiger partial charge on any atom is -0.475 e. The van der Waals surface area contributed by atoms with E-state index < -0.39 is 12.1 Å². The van der Waals surface area contributed by atoms with Crippen LogP contribution in [0.25, 0.3) is 0 Å². The lowest BCUT2D eigenvalue weighted by Crippen LogP contribution is -2.34. The lowest BCUT2D eigenvalue weighted by Gasteiger charge is -2.24. The normalized spacial score (nSPS) is 22.7. The second kappa shape index (κ2) is 9.94. The van der Waals surface area contributed by atoms with Crippen molar-refractivity contribution >= 4 is 11.9 Å². The van der Waals surface area contributed by atoms with Crippen LogP contribution >= 0.6 is 0 Å². The molecule has 0 saturated carbocycles. The molecular weight excluding hydrogens is 439 g/mol. The van der Waals surface area contributed by atoms with Crippen LogP contribution < -0.4 is 5.32 Å². The lowest BCUT2D eigenvalue weighted by atomic mass is 9.94. The molecule has 1 aliphatic heterocycles. The quantitative estimate of drug-likeness (QED) is 0.686. The zero-order valence-electron chi connectivity index (χ0n) is 18.7. The number of carbonyl (C=O) groups excluding carboxylic acids is 1. The molecule has 2 aromatic rings. The van der Waals surface area contributed by atoms with Crippen LogP contribution in [0, 0.1) is 18.8 Å². The van der Waals surface area contributed by atoms with E-state index in [0.29, 0.717) is 29.2 Å². The number of aromatic nitrogens is 1. The Bertz CT molecular complexity index is 991. The number of rotatable bonds is 5. The first-order chi connectivity index (χ1) is 15.5. The zero-order chi connectivity index (χ0) is 24.3. The fourth-order valence-corrected chi connectivity index (χ4v) is 4.53. The highest BCUT2D eigenvalue weighted by molar-refractivity contribution is 5.92. The Morgan fingerprint density at radius 1 is 1.27 bits per heavy atom. The highest BCUT2D eigenvalue weighted by atomic mass is 19.4. The van der Waals surface area contributed by atoms with Gasteiger partial charge in [0.1, 0.15) is 5.76 Å². The number of hydrogen-bond acceptors (Lipinski definition) is 5. The smallest absolute Gasteiger partial charge is 0.475 e. The number of nitrogens with one attached hydrogen (secondary N) is 1. The van der Waals surface area contributed by atoms with Gasteiger partial charge in [0, 0.05) is 37.5 Å². The molecule has 4 rings (SSSR count). The van der Waals surface area contributed by atoms with Gasteiger partial charge >= 0.3 is 12.1 Å². The van der Waals surface area contributed by atoms with E-state index in [2.05, 4.69) is 53.5 Å². The van der Waals surface area contributed by atoms with Crippen LogP contribution in [0.5, 0.6) is 0 Å². The molecule has 2 N–H and O–H groups in total. The van der Waals surface area contributed by atoms with Crippen molar-refractivity contribution in [3.63, 3.8) is 0 Å². The van der Waals surface area contributed by atoms with Crippen LogP contribution in [0.2, 0.25) is 0 Å². The van der Waals surface area contributed by atoms with Crippen molar-refractivity contribution in [2.75, 3.05) is 19.6 Å². The van der Waals surface area contributed by atoms with Gasteiger partial charge in [-0.3, -0.25) is 4.79 Å². The Morgan fingerprint density at radius 2 is 1.91 bits per heavy atom. The van der Waals surface area contributed by atoms with Crippen molar-refractivity contribution in [2.45, 2.75) is 45.3 Å². The molecule has 1 unspecified atom stereocenters. The van der Waals surface area contributed by atoms with E-state index in [-0.39, 0.29) is 11.9 Å². The molecule has 2 heterocycles. The van der Waals surface area contributed by atoms with Gasteiger partial charge < -0.3 is 19.8 Å². The first kappa shape index (κ1) is 24.8. The third kappa shape index (κ3) is 5.73. The largest absolute Gasteiger partial charge is 0.490 e. The van der Waals surface area contributed by atoms with Gasteiger partial charge in [-0.15, -0.1) is 0 Å². The lowest BCUT2D eigenvalue weighted by molar-refractivity contribution is -0.192. The second-order valence-corrected chi connectivity index (χ2v) is 8.71. The fraction of sp³-hybridized carbons (Fsp3) is 0.522. The van der Waals surface area contributed by atoms with Crippen molar-refractivity contribution in [3.05, 3.63) is 52.9 Å². The van der Waals surface area contributed by atoms with Crippen molar-refractivity contribution in [1.82, 2.24) is 15.4 Å². The maximum absolute atomic E-state index is 12.7. The zero-order valence-corrected chi connectivity index (χ0v) is 18.7. The molecule has 1 aromatic carbocycles. The minimum absolute atomic E-state index is 0.0441. The van der Waals surface area contributed by atoms with Gasteiger partial charge in [0.25, 0.3) is 5.91 Å². The van der Waals surface area contributed by atoms with Crippen molar-refractivity contribution in [2.24, 2.45) is 11.8 Å². The number of aliphatic carboxylic acids is 1. The number of nitrogens with zero attached hydrogens (tertiary/aromatic N) is 2. The number of fused-ring (bicyclic) bond motifs is 3. The van der Waals surface area contributed by atoms with Crippen molar-refractivity contribution in [3.8, 4) is 0 Å². The highest BCUT2D eigenvalue weighted by Crippen LogP contribution is 2.49. The van der Waals surface area contributed by atoms with Crippen molar-refractivity contribution in [1.29, 1.82) is 0 Å². The Hall–Kier alpha value is -2.88. The average Bonchev–Trinajstić information content (AvgIpc) is 3.43. The number of hydrogen-bond donors (Lipinski definition) is 2. The van der Waals surface area contributed by atoms with Crippen LogP contribution in [0.15, 0.2) is 34.9 Å². The summed E-state index contributed by atoms with van der Waals surface area (Å²) < 4.78 is 36.8. The summed E-state index contributed by atoms with van der Waals surface area (Å²) in [5.41, 5.74) is 3.02. The third-order valence-electron chi connectivity index (χ3n) is 6.26. The summed E-state index contributed by atoms with van der Waals surface area (Å²) >= 11 is 0. The van der Waals surface area contributed by atoms with Gasteiger partial charge in [0.05, 0.1) is 6.04 Å². The van der Waals surface area contributed by atoms with E-state index in [9.17, 15) is 18.0 Å². The number of carbonyl (C=O) groups is 2. The molecule has 0 spiro atoms. The predicted octanol–water partition coefficient (Wildman–Crippen LogP) is 4.16. The molecule has 0 radical (unpaired) electrons. The molecule has 1 aromatic heterocycles. The number of likely N-dealkylation sites (tertiary alicyclic amines) is 1. The monoisotopic (exact) mass is 467 g/mol. The molecule has 1 fully saturated rings. The second-order valence-electron chi connectivity index (χ2n) is 8.71. The first-order valence-corrected chi connectivity index (χ1v) is 10.9. The molecule has 7 nitrogen and oxygen atoms in total. The molecule has 2 aliphatic rings. The molecule has 1 saturated heterocycles. The molecule has 0 bridgehead atoms. The Balaban J connectivity index is 0.000000383. The molecule has 1 aliphatic carbocycles. The number of halogens is 3. The SMILES string of the molecule is CCC(C)CN1C[C@@H]2[C@H](NC(=O)c3cc(C)on3)c3ccccc3[C@@H]2C1.O=C(O)C(F)(F)F. The predicted molar refractivity (Wildman–Crippen MR) is 114 cm³/mol. The van der Waals surface area contributed by atoms with E-state index in [4.69, 9.17) is 14.4 Å². The Morgan fingerprint density at radius 3 is 2.45 bits per heavy atom. The number of aryl methyl sites for hydroxylation is 1. The average molecular weight is 467 g/mol. The summed E-state index contributed by atoms with van der Waals surface area (Å²) in [5, 5.41) is 14.2. The van der Waals surface area contributed by atoms with Gasteiger partial charge in [-0.1, -0.05) is 49.7 Å². The van der Waals surface area contributed by atoms with Gasteiger partial charge in [-0.05, 0) is 24.0 Å². The van der Waals surface area contributed by atoms with Gasteiger partial charge in [-0.2, -0.15) is 13.2 Å². The summed E-state index contributed by atoms with van der Waals surface area (Å²) in [6.07, 6.45) is -3.88. The summed E-state index contributed by atoms with van der Waals surface area (Å²) in [6.45, 7) is 9.62. The number of alkyl halides is 3. The molecular formula is C23H28F3N3O4. The van der Waals surface area contributed by atoms with Crippen LogP contribution in [0.1, 0.15) is 59.6 Å². The number of carboxylic acid groups (broad SMARTS) is 1. The molecule has 4 atom stereocenters. The number of amides is 1. The maximum atomic E-state index is 12.7. The van der Waals surface area contributed by atoms with Crippen LogP contribution in [0.3, 0.4) is 0 Å². The minimum atomic E-state index is -5.08. The Kier molecular flexibility index (Phi) is 7.46. The van der Waals surface area contributed by atoms with Crippen LogP contribution in [-0.4, -0.2) is 52.9 Å². The summed E-state index contributed by atoms with van der Waals surface area (Å²) in [7, 11) is 0. The standard InChI is InChI=1S/C21H27N3O2.C2HF3O2/c1-4-13(2)10-24-11-17-15-7-5-6-8-16(15)20(18(17)12-24)22-21(25)19-9-14(3)26-23-19;3-2(4,5)1(6)7/h5-9,13,17-18,20H,4,10-12H2,1-3H3,(H,22,25);(H,6,7)/t13?,17-,18-,20+;/m0./s1. The van der Waals surface area contributed by atoms with Crippen molar-refractivity contribution < 1.29 is 32.4 Å². The summed E-state index contributed by atoms with van der Waals surface area (Å²) in [6, 6.07) is 10.3. The maximum Gasteiger partial charge on any atom is 0.490 e. The topological polar surface area (TPSA) is 95.7 Å². The van der Waals surface area contributed by atoms with E-state index >= 15 is 0 Å². The van der Waals surface area contributed by atoms with E-state index in [1.807, 2.05) is 0 Å². The molecule has 180 valence electrons. The highest BCUT2D eigenvalue weighted by Gasteiger charge is 2.46. The van der Waals surface area contributed by atoms with E-state index in [0.717, 1.165) is 19.6 Å². The van der Waals surface area contributed by atoms with E-state index in [1.165, 1.54) is 17.5 Å². The first-order valence-electron chi connectivity index (χ1n) is 10.9. The Labute approximate surface area is 189 Å². The molecule has 1 amide bonds. The molecule has 10 heteroatoms. The summed E-state index contributed by atoms with van der Waals surface area (Å²) in [5.74, 6) is -0.626. The van der Waals surface area contributed by atoms with E-state index in [1.54, 1.807) is 13.0 Å². The summed E-state index contributed by atoms with van der Waals surface area (Å²) in [4.78, 5) is 24.1. The van der Waals surface area contributed by atoms with Crippen LogP contribution in [-0.2, 0) is 4.79 Å². The number of benzene rings is 1. The van der Waals surface area contributed by atoms with Gasteiger partial charge in [0.15, 0.2) is 5.69 Å². The number of carboxylic acids is 1.